The van der Waals surface area contributed by atoms with Gasteiger partial charge in [-0.2, -0.15) is 11.8 Å². The molecule has 0 aromatic rings. The lowest BCUT2D eigenvalue weighted by molar-refractivity contribution is -0.145. The van der Waals surface area contributed by atoms with Crippen LogP contribution in [0.25, 0.3) is 0 Å². The Labute approximate surface area is 140 Å². The smallest absolute Gasteiger partial charge is 0.328 e. The van der Waals surface area contributed by atoms with E-state index in [0.717, 1.165) is 5.75 Å². The first-order chi connectivity index (χ1) is 10.6. The molecular weight excluding hydrogens is 322 g/mol. The quantitative estimate of drug-likeness (QED) is 0.346. The molecule has 0 rings (SSSR count). The lowest BCUT2D eigenvalue weighted by Gasteiger charge is -2.26. The van der Waals surface area contributed by atoms with Gasteiger partial charge in [-0.25, -0.2) is 4.79 Å². The number of nitrogens with one attached hydrogen (secondary N) is 2. The maximum absolute atomic E-state index is 12.2. The minimum absolute atomic E-state index is 0.268. The van der Waals surface area contributed by atoms with Crippen molar-refractivity contribution >= 4 is 29.5 Å². The van der Waals surface area contributed by atoms with Crippen LogP contribution in [0.15, 0.2) is 0 Å². The third kappa shape index (κ3) is 7.67. The molecule has 0 saturated heterocycles. The van der Waals surface area contributed by atoms with Crippen LogP contribution in [0, 0.1) is 5.92 Å². The number of carbonyl (C=O) groups is 3. The van der Waals surface area contributed by atoms with E-state index in [0.29, 0.717) is 6.42 Å². The zero-order valence-electron chi connectivity index (χ0n) is 13.9. The molecule has 0 aliphatic rings. The molecule has 8 nitrogen and oxygen atoms in total. The first kappa shape index (κ1) is 21.7. The molecule has 23 heavy (non-hydrogen) atoms. The van der Waals surface area contributed by atoms with Crippen molar-refractivity contribution in [2.24, 2.45) is 11.7 Å². The van der Waals surface area contributed by atoms with E-state index in [4.69, 9.17) is 10.8 Å². The van der Waals surface area contributed by atoms with Gasteiger partial charge in [-0.05, 0) is 31.3 Å². The molecule has 0 unspecified atom stereocenters. The third-order valence-electron chi connectivity index (χ3n) is 3.26. The SMILES string of the molecule is CSCC[C@H](N)C(=O)N[C@H](C(=O)N[C@H](C(=O)O)[C@@H](C)O)C(C)C. The zero-order chi connectivity index (χ0) is 18.2. The van der Waals surface area contributed by atoms with Gasteiger partial charge in [0.05, 0.1) is 12.1 Å². The highest BCUT2D eigenvalue weighted by Gasteiger charge is 2.31. The van der Waals surface area contributed by atoms with Crippen LogP contribution in [0.5, 0.6) is 0 Å². The molecule has 0 aromatic heterocycles. The number of nitrogens with two attached hydrogens (primary N) is 1. The number of amides is 2. The van der Waals surface area contributed by atoms with E-state index < -0.39 is 42.0 Å². The van der Waals surface area contributed by atoms with E-state index in [1.165, 1.54) is 6.92 Å². The minimum Gasteiger partial charge on any atom is -0.480 e. The van der Waals surface area contributed by atoms with Crippen molar-refractivity contribution in [3.63, 3.8) is 0 Å². The summed E-state index contributed by atoms with van der Waals surface area (Å²) in [6.07, 6.45) is 1.12. The van der Waals surface area contributed by atoms with Crippen LogP contribution in [0.1, 0.15) is 27.2 Å². The number of rotatable bonds is 10. The van der Waals surface area contributed by atoms with Crippen LogP contribution in [0.4, 0.5) is 0 Å². The van der Waals surface area contributed by atoms with Crippen molar-refractivity contribution in [2.75, 3.05) is 12.0 Å². The molecular formula is C14H27N3O5S. The average molecular weight is 349 g/mol. The fourth-order valence-corrected chi connectivity index (χ4v) is 2.29. The molecule has 0 aromatic carbocycles. The van der Waals surface area contributed by atoms with E-state index in [1.54, 1.807) is 25.6 Å². The summed E-state index contributed by atoms with van der Waals surface area (Å²) in [6, 6.07) is -3.10. The fraction of sp³-hybridized carbons (Fsp3) is 0.786. The first-order valence-corrected chi connectivity index (χ1v) is 8.77. The Morgan fingerprint density at radius 2 is 1.61 bits per heavy atom. The van der Waals surface area contributed by atoms with Gasteiger partial charge in [-0.3, -0.25) is 9.59 Å². The van der Waals surface area contributed by atoms with E-state index in [2.05, 4.69) is 10.6 Å². The highest BCUT2D eigenvalue weighted by atomic mass is 32.2. The second-order valence-corrected chi connectivity index (χ2v) is 6.67. The Bertz CT molecular complexity index is 417. The maximum Gasteiger partial charge on any atom is 0.328 e. The van der Waals surface area contributed by atoms with E-state index in [1.807, 2.05) is 6.26 Å². The molecule has 0 radical (unpaired) electrons. The number of aliphatic carboxylic acids is 1. The number of aliphatic hydroxyl groups is 1. The summed E-state index contributed by atoms with van der Waals surface area (Å²) in [4.78, 5) is 35.3. The van der Waals surface area contributed by atoms with Crippen LogP contribution < -0.4 is 16.4 Å². The molecule has 0 aliphatic heterocycles. The van der Waals surface area contributed by atoms with Crippen LogP contribution in [-0.2, 0) is 14.4 Å². The van der Waals surface area contributed by atoms with Crippen molar-refractivity contribution < 1.29 is 24.6 Å². The number of hydrogen-bond donors (Lipinski definition) is 5. The number of aliphatic hydroxyl groups excluding tert-OH is 1. The van der Waals surface area contributed by atoms with Crippen molar-refractivity contribution in [1.29, 1.82) is 0 Å². The van der Waals surface area contributed by atoms with Crippen molar-refractivity contribution in [3.05, 3.63) is 0 Å². The van der Waals surface area contributed by atoms with Crippen molar-refractivity contribution in [2.45, 2.75) is 51.4 Å². The minimum atomic E-state index is -1.44. The summed E-state index contributed by atoms with van der Waals surface area (Å²) in [7, 11) is 0. The largest absolute Gasteiger partial charge is 0.480 e. The Hall–Kier alpha value is -1.32. The molecule has 0 bridgehead atoms. The Morgan fingerprint density at radius 1 is 1.09 bits per heavy atom. The van der Waals surface area contributed by atoms with Gasteiger partial charge in [0.15, 0.2) is 6.04 Å². The molecule has 9 heteroatoms. The summed E-state index contributed by atoms with van der Waals surface area (Å²) in [5.41, 5.74) is 5.76. The summed E-state index contributed by atoms with van der Waals surface area (Å²) in [5, 5.41) is 23.2. The number of carboxylic acids is 1. The molecule has 0 aliphatic carbocycles. The topological polar surface area (TPSA) is 142 Å². The zero-order valence-corrected chi connectivity index (χ0v) is 14.7. The van der Waals surface area contributed by atoms with E-state index in [9.17, 15) is 19.5 Å². The Morgan fingerprint density at radius 3 is 2.00 bits per heavy atom. The molecule has 0 fully saturated rings. The van der Waals surface area contributed by atoms with Gasteiger partial charge in [0.25, 0.3) is 0 Å². The predicted octanol–water partition coefficient (Wildman–Crippen LogP) is -0.842. The monoisotopic (exact) mass is 349 g/mol. The van der Waals surface area contributed by atoms with Crippen LogP contribution in [0.3, 0.4) is 0 Å². The molecule has 0 spiro atoms. The van der Waals surface area contributed by atoms with Crippen LogP contribution >= 0.6 is 11.8 Å². The summed E-state index contributed by atoms with van der Waals surface area (Å²) < 4.78 is 0. The number of thioether (sulfide) groups is 1. The number of carboxylic acid groups (broad SMARTS) is 1. The lowest BCUT2D eigenvalue weighted by atomic mass is 10.0. The number of hydrogen-bond acceptors (Lipinski definition) is 6. The third-order valence-corrected chi connectivity index (χ3v) is 3.91. The molecule has 4 atom stereocenters. The maximum atomic E-state index is 12.2. The highest BCUT2D eigenvalue weighted by Crippen LogP contribution is 2.06. The normalized spacial score (nSPS) is 16.3. The molecule has 0 saturated carbocycles. The second-order valence-electron chi connectivity index (χ2n) is 5.68. The second kappa shape index (κ2) is 10.5. The predicted molar refractivity (Wildman–Crippen MR) is 89.0 cm³/mol. The molecule has 6 N–H and O–H groups in total. The van der Waals surface area contributed by atoms with Gasteiger partial charge in [-0.1, -0.05) is 13.8 Å². The standard InChI is InChI=1S/C14H27N3O5S/c1-7(2)10(16-12(19)9(15)5-6-23-4)13(20)17-11(8(3)18)14(21)22/h7-11,18H,5-6,15H2,1-4H3,(H,16,19)(H,17,20)(H,21,22)/t8-,9+,10+,11+/m1/s1. The molecule has 0 heterocycles. The van der Waals surface area contributed by atoms with Crippen LogP contribution in [0.2, 0.25) is 0 Å². The summed E-state index contributed by atoms with van der Waals surface area (Å²) in [5.74, 6) is -2.03. The van der Waals surface area contributed by atoms with Crippen molar-refractivity contribution in [1.82, 2.24) is 10.6 Å². The van der Waals surface area contributed by atoms with Gasteiger partial charge >= 0.3 is 5.97 Å². The van der Waals surface area contributed by atoms with Gasteiger partial charge in [0, 0.05) is 0 Å². The van der Waals surface area contributed by atoms with Gasteiger partial charge < -0.3 is 26.6 Å². The number of carbonyl (C=O) groups excluding carboxylic acids is 2. The fourth-order valence-electron chi connectivity index (χ4n) is 1.80. The van der Waals surface area contributed by atoms with E-state index >= 15 is 0 Å². The highest BCUT2D eigenvalue weighted by molar-refractivity contribution is 7.98. The first-order valence-electron chi connectivity index (χ1n) is 7.37. The van der Waals surface area contributed by atoms with Gasteiger partial charge in [0.1, 0.15) is 6.04 Å². The average Bonchev–Trinajstić information content (AvgIpc) is 2.45. The lowest BCUT2D eigenvalue weighted by Crippen LogP contribution is -2.58. The Balaban J connectivity index is 4.87. The summed E-state index contributed by atoms with van der Waals surface area (Å²) >= 11 is 1.56. The van der Waals surface area contributed by atoms with Gasteiger partial charge in [0.2, 0.25) is 11.8 Å². The van der Waals surface area contributed by atoms with E-state index in [-0.39, 0.29) is 5.92 Å². The Kier molecular flexibility index (Phi) is 9.85. The van der Waals surface area contributed by atoms with Crippen molar-refractivity contribution in [3.8, 4) is 0 Å². The van der Waals surface area contributed by atoms with Crippen LogP contribution in [-0.4, -0.2) is 64.2 Å². The molecule has 2 amide bonds. The summed E-state index contributed by atoms with van der Waals surface area (Å²) in [6.45, 7) is 4.70. The molecule has 134 valence electrons. The van der Waals surface area contributed by atoms with Gasteiger partial charge in [-0.15, -0.1) is 0 Å².